The molecule has 0 saturated carbocycles. The Morgan fingerprint density at radius 1 is 1.31 bits per heavy atom. The lowest BCUT2D eigenvalue weighted by Crippen LogP contribution is -2.42. The molecule has 1 aromatic rings. The number of anilines is 1. The third-order valence-electron chi connectivity index (χ3n) is 3.20. The number of carbonyl (C=O) groups is 3. The second-order valence-corrected chi connectivity index (χ2v) is 5.45. The fourth-order valence-electron chi connectivity index (χ4n) is 2.06. The number of hydrogen-bond donors (Lipinski definition) is 1. The third kappa shape index (κ3) is 3.61. The van der Waals surface area contributed by atoms with Gasteiger partial charge in [-0.3, -0.25) is 10.1 Å². The summed E-state index contributed by atoms with van der Waals surface area (Å²) in [5.41, 5.74) is -2.52. The molecule has 1 heterocycles. The Labute approximate surface area is 145 Å². The summed E-state index contributed by atoms with van der Waals surface area (Å²) in [6.45, 7) is 2.71. The fourth-order valence-corrected chi connectivity index (χ4v) is 2.06. The quantitative estimate of drug-likeness (QED) is 0.277. The van der Waals surface area contributed by atoms with Gasteiger partial charge < -0.3 is 19.5 Å². The van der Waals surface area contributed by atoms with Crippen LogP contribution in [0.15, 0.2) is 23.9 Å². The van der Waals surface area contributed by atoms with Gasteiger partial charge in [0.05, 0.1) is 17.7 Å². The summed E-state index contributed by atoms with van der Waals surface area (Å²) in [6, 6.07) is 1.83. The van der Waals surface area contributed by atoms with Crippen LogP contribution in [-0.4, -0.2) is 35.7 Å². The predicted molar refractivity (Wildman–Crippen MR) is 82.4 cm³/mol. The summed E-state index contributed by atoms with van der Waals surface area (Å²) < 4.78 is 28.4. The van der Waals surface area contributed by atoms with E-state index in [-0.39, 0.29) is 5.69 Å². The first kappa shape index (κ1) is 18.8. The first-order chi connectivity index (χ1) is 12.1. The number of cyclic esters (lactones) is 2. The van der Waals surface area contributed by atoms with Gasteiger partial charge in [0, 0.05) is 26.1 Å². The number of esters is 3. The third-order valence-corrected chi connectivity index (χ3v) is 3.20. The molecule has 11 heteroatoms. The zero-order chi connectivity index (χ0) is 19.6. The minimum absolute atomic E-state index is 0.266. The zero-order valence-electron chi connectivity index (χ0n) is 13.8. The predicted octanol–water partition coefficient (Wildman–Crippen LogP) is 1.65. The summed E-state index contributed by atoms with van der Waals surface area (Å²) in [5.74, 6) is -6.06. The second-order valence-electron chi connectivity index (χ2n) is 5.45. The van der Waals surface area contributed by atoms with Crippen LogP contribution in [0, 0.1) is 15.9 Å². The van der Waals surface area contributed by atoms with E-state index in [2.05, 4.69) is 10.1 Å². The fraction of sp³-hybridized carbons (Fsp3) is 0.267. The van der Waals surface area contributed by atoms with Gasteiger partial charge in [0.1, 0.15) is 5.56 Å². The van der Waals surface area contributed by atoms with E-state index in [1.54, 1.807) is 0 Å². The molecule has 138 valence electrons. The normalized spacial score (nSPS) is 15.6. The van der Waals surface area contributed by atoms with Crippen LogP contribution in [0.1, 0.15) is 24.2 Å². The molecule has 0 aromatic heterocycles. The SMILES string of the molecule is COC(=O)c1c(NC=C2C(=O)OC(C)(C)OC2=O)ccc([N+](=O)[O-])c1F. The lowest BCUT2D eigenvalue weighted by molar-refractivity contribution is -0.387. The summed E-state index contributed by atoms with van der Waals surface area (Å²) >= 11 is 0. The maximum atomic E-state index is 14.3. The van der Waals surface area contributed by atoms with Crippen molar-refractivity contribution in [1.29, 1.82) is 0 Å². The Hall–Kier alpha value is -3.50. The Morgan fingerprint density at radius 2 is 1.88 bits per heavy atom. The van der Waals surface area contributed by atoms with Crippen molar-refractivity contribution >= 4 is 29.3 Å². The molecule has 1 saturated heterocycles. The van der Waals surface area contributed by atoms with Crippen LogP contribution in [0.25, 0.3) is 0 Å². The number of methoxy groups -OCH3 is 1. The average Bonchev–Trinajstić information content (AvgIpc) is 2.52. The molecular weight excluding hydrogens is 355 g/mol. The number of benzene rings is 1. The smallest absolute Gasteiger partial charge is 0.350 e. The van der Waals surface area contributed by atoms with Crippen molar-refractivity contribution in [3.05, 3.63) is 45.4 Å². The summed E-state index contributed by atoms with van der Waals surface area (Å²) in [5, 5.41) is 13.2. The molecule has 1 aromatic carbocycles. The van der Waals surface area contributed by atoms with Crippen LogP contribution in [0.5, 0.6) is 0 Å². The summed E-state index contributed by atoms with van der Waals surface area (Å²) in [6.07, 6.45) is 0.840. The van der Waals surface area contributed by atoms with Crippen molar-refractivity contribution in [2.24, 2.45) is 0 Å². The van der Waals surface area contributed by atoms with Gasteiger partial charge in [0.25, 0.3) is 5.79 Å². The number of hydrogen-bond acceptors (Lipinski definition) is 9. The van der Waals surface area contributed by atoms with Crippen LogP contribution >= 0.6 is 0 Å². The van der Waals surface area contributed by atoms with E-state index in [9.17, 15) is 28.9 Å². The van der Waals surface area contributed by atoms with E-state index in [1.165, 1.54) is 13.8 Å². The molecule has 0 unspecified atom stereocenters. The van der Waals surface area contributed by atoms with Crippen molar-refractivity contribution in [2.75, 3.05) is 12.4 Å². The van der Waals surface area contributed by atoms with Crippen molar-refractivity contribution < 1.29 is 37.9 Å². The molecule has 0 bridgehead atoms. The van der Waals surface area contributed by atoms with Crippen molar-refractivity contribution in [2.45, 2.75) is 19.6 Å². The highest BCUT2D eigenvalue weighted by Crippen LogP contribution is 2.29. The number of halogens is 1. The Morgan fingerprint density at radius 3 is 2.38 bits per heavy atom. The molecule has 0 atom stereocenters. The molecule has 26 heavy (non-hydrogen) atoms. The minimum atomic E-state index is -1.44. The Kier molecular flexibility index (Phi) is 4.91. The Bertz CT molecular complexity index is 824. The van der Waals surface area contributed by atoms with Crippen molar-refractivity contribution in [3.63, 3.8) is 0 Å². The second kappa shape index (κ2) is 6.78. The van der Waals surface area contributed by atoms with Gasteiger partial charge in [-0.25, -0.2) is 14.4 Å². The highest BCUT2D eigenvalue weighted by molar-refractivity contribution is 6.15. The number of nitrogens with zero attached hydrogens (tertiary/aromatic N) is 1. The van der Waals surface area contributed by atoms with E-state index in [0.29, 0.717) is 0 Å². The summed E-state index contributed by atoms with van der Waals surface area (Å²) in [7, 11) is 0.959. The monoisotopic (exact) mass is 368 g/mol. The number of nitro benzene ring substituents is 1. The topological polar surface area (TPSA) is 134 Å². The lowest BCUT2D eigenvalue weighted by Gasteiger charge is -2.29. The molecular formula is C15H13FN2O8. The number of rotatable bonds is 4. The van der Waals surface area contributed by atoms with Crippen LogP contribution in [-0.2, 0) is 23.8 Å². The number of nitrogens with one attached hydrogen (secondary N) is 1. The first-order valence-corrected chi connectivity index (χ1v) is 7.06. The van der Waals surface area contributed by atoms with E-state index in [0.717, 1.165) is 25.4 Å². The van der Waals surface area contributed by atoms with E-state index in [4.69, 9.17) is 9.47 Å². The number of ether oxygens (including phenoxy) is 3. The highest BCUT2D eigenvalue weighted by atomic mass is 19.1. The van der Waals surface area contributed by atoms with Gasteiger partial charge in [-0.05, 0) is 6.07 Å². The molecule has 2 rings (SSSR count). The first-order valence-electron chi connectivity index (χ1n) is 7.06. The number of carbonyl (C=O) groups excluding carboxylic acids is 3. The number of nitro groups is 1. The van der Waals surface area contributed by atoms with Gasteiger partial charge in [0.2, 0.25) is 5.82 Å². The van der Waals surface area contributed by atoms with E-state index >= 15 is 0 Å². The standard InChI is InChI=1S/C15H13FN2O8/c1-15(2)25-12(19)7(13(20)26-15)6-17-8-4-5-9(18(22)23)11(16)10(8)14(21)24-3/h4-6,17H,1-3H3. The van der Waals surface area contributed by atoms with Gasteiger partial charge in [-0.15, -0.1) is 0 Å². The van der Waals surface area contributed by atoms with Gasteiger partial charge in [-0.2, -0.15) is 4.39 Å². The molecule has 0 spiro atoms. The lowest BCUT2D eigenvalue weighted by atomic mass is 10.1. The Balaban J connectivity index is 2.42. The van der Waals surface area contributed by atoms with Crippen molar-refractivity contribution in [3.8, 4) is 0 Å². The minimum Gasteiger partial charge on any atom is -0.465 e. The van der Waals surface area contributed by atoms with Crippen LogP contribution in [0.4, 0.5) is 15.8 Å². The van der Waals surface area contributed by atoms with E-state index in [1.807, 2.05) is 0 Å². The molecule has 0 radical (unpaired) electrons. The summed E-state index contributed by atoms with van der Waals surface area (Å²) in [4.78, 5) is 45.2. The van der Waals surface area contributed by atoms with Gasteiger partial charge in [-0.1, -0.05) is 0 Å². The van der Waals surface area contributed by atoms with Crippen LogP contribution < -0.4 is 5.32 Å². The molecule has 10 nitrogen and oxygen atoms in total. The molecule has 1 aliphatic rings. The largest absolute Gasteiger partial charge is 0.465 e. The molecule has 0 aliphatic carbocycles. The highest BCUT2D eigenvalue weighted by Gasteiger charge is 2.39. The average molecular weight is 368 g/mol. The molecule has 1 N–H and O–H groups in total. The maximum Gasteiger partial charge on any atom is 0.350 e. The van der Waals surface area contributed by atoms with Crippen molar-refractivity contribution in [1.82, 2.24) is 0 Å². The molecule has 0 amide bonds. The van der Waals surface area contributed by atoms with E-state index < -0.39 is 51.3 Å². The zero-order valence-corrected chi connectivity index (χ0v) is 13.8. The van der Waals surface area contributed by atoms with Gasteiger partial charge in [0.15, 0.2) is 5.57 Å². The molecule has 1 fully saturated rings. The van der Waals surface area contributed by atoms with Gasteiger partial charge >= 0.3 is 23.6 Å². The van der Waals surface area contributed by atoms with Crippen LogP contribution in [0.2, 0.25) is 0 Å². The maximum absolute atomic E-state index is 14.3. The van der Waals surface area contributed by atoms with Crippen LogP contribution in [0.3, 0.4) is 0 Å². The molecule has 1 aliphatic heterocycles.